The molecular weight excluding hydrogens is 294 g/mol. The molecule has 1 N–H and O–H groups in total. The van der Waals surface area contributed by atoms with Crippen molar-refractivity contribution < 1.29 is 14.3 Å². The van der Waals surface area contributed by atoms with Crippen molar-refractivity contribution in [3.05, 3.63) is 23.0 Å². The monoisotopic (exact) mass is 321 g/mol. The van der Waals surface area contributed by atoms with Gasteiger partial charge in [0.05, 0.1) is 5.56 Å². The molecule has 1 aromatic rings. The van der Waals surface area contributed by atoms with Crippen LogP contribution in [0.25, 0.3) is 0 Å². The van der Waals surface area contributed by atoms with Crippen LogP contribution in [0.1, 0.15) is 49.3 Å². The number of hydrogen-bond donors (Lipinski definition) is 1. The van der Waals surface area contributed by atoms with Gasteiger partial charge in [0.1, 0.15) is 5.60 Å². The maximum absolute atomic E-state index is 12.6. The lowest BCUT2D eigenvalue weighted by atomic mass is 10.0. The lowest BCUT2D eigenvalue weighted by molar-refractivity contribution is 0.0237. The minimum Gasteiger partial charge on any atom is -0.444 e. The molecule has 2 amide bonds. The van der Waals surface area contributed by atoms with Crippen molar-refractivity contribution in [3.63, 3.8) is 0 Å². The molecule has 1 aromatic heterocycles. The number of nitrogens with zero attached hydrogens (tertiary/aromatic N) is 2. The van der Waals surface area contributed by atoms with Crippen molar-refractivity contribution >= 4 is 12.0 Å². The summed E-state index contributed by atoms with van der Waals surface area (Å²) in [7, 11) is 0. The minimum absolute atomic E-state index is 0.0465. The lowest BCUT2D eigenvalue weighted by Gasteiger charge is -2.31. The number of hydrogen-bond acceptors (Lipinski definition) is 3. The summed E-state index contributed by atoms with van der Waals surface area (Å²) in [6, 6.07) is 0. The molecule has 0 spiro atoms. The average molecular weight is 321 g/mol. The number of aromatic nitrogens is 1. The van der Waals surface area contributed by atoms with Gasteiger partial charge in [-0.25, -0.2) is 4.79 Å². The van der Waals surface area contributed by atoms with Crippen LogP contribution in [0.15, 0.2) is 6.20 Å². The summed E-state index contributed by atoms with van der Waals surface area (Å²) in [5.74, 6) is 0.0465. The molecule has 1 aliphatic rings. The molecule has 0 aromatic carbocycles. The van der Waals surface area contributed by atoms with E-state index in [0.717, 1.165) is 23.2 Å². The Balaban J connectivity index is 1.96. The van der Waals surface area contributed by atoms with Crippen molar-refractivity contribution in [1.82, 2.24) is 14.8 Å². The van der Waals surface area contributed by atoms with E-state index in [2.05, 4.69) is 4.98 Å². The Bertz CT molecular complexity index is 586. The Morgan fingerprint density at radius 3 is 2.74 bits per heavy atom. The summed E-state index contributed by atoms with van der Waals surface area (Å²) in [5.41, 5.74) is 2.27. The summed E-state index contributed by atoms with van der Waals surface area (Å²) in [6.07, 6.45) is 2.38. The maximum Gasteiger partial charge on any atom is 0.410 e. The smallest absolute Gasteiger partial charge is 0.410 e. The van der Waals surface area contributed by atoms with E-state index in [1.807, 2.05) is 45.7 Å². The Morgan fingerprint density at radius 1 is 1.43 bits per heavy atom. The second-order valence-electron chi connectivity index (χ2n) is 6.93. The SMILES string of the molecule is CCN(CCN1CCc2[nH]cc(C)c2C1=O)C(=O)OC(C)(C)C. The molecule has 0 saturated heterocycles. The number of amides is 2. The van der Waals surface area contributed by atoms with Crippen LogP contribution >= 0.6 is 0 Å². The van der Waals surface area contributed by atoms with Crippen LogP contribution in [0.5, 0.6) is 0 Å². The number of rotatable bonds is 4. The minimum atomic E-state index is -0.511. The Hall–Kier alpha value is -1.98. The van der Waals surface area contributed by atoms with Gasteiger partial charge < -0.3 is 19.5 Å². The van der Waals surface area contributed by atoms with Gasteiger partial charge in [0.2, 0.25) is 0 Å². The number of nitrogens with one attached hydrogen (secondary N) is 1. The van der Waals surface area contributed by atoms with Gasteiger partial charge in [-0.05, 0) is 40.2 Å². The van der Waals surface area contributed by atoms with Gasteiger partial charge in [0.15, 0.2) is 0 Å². The predicted molar refractivity (Wildman–Crippen MR) is 88.6 cm³/mol. The Kier molecular flexibility index (Phi) is 5.02. The van der Waals surface area contributed by atoms with Crippen molar-refractivity contribution in [1.29, 1.82) is 0 Å². The second kappa shape index (κ2) is 6.64. The summed E-state index contributed by atoms with van der Waals surface area (Å²) in [5, 5.41) is 0. The molecule has 23 heavy (non-hydrogen) atoms. The van der Waals surface area contributed by atoms with E-state index >= 15 is 0 Å². The number of aryl methyl sites for hydroxylation is 1. The molecule has 0 unspecified atom stereocenters. The summed E-state index contributed by atoms with van der Waals surface area (Å²) in [4.78, 5) is 31.3. The first-order valence-corrected chi connectivity index (χ1v) is 8.17. The first kappa shape index (κ1) is 17.4. The zero-order valence-corrected chi connectivity index (χ0v) is 14.7. The zero-order valence-electron chi connectivity index (χ0n) is 14.7. The predicted octanol–water partition coefficient (Wildman–Crippen LogP) is 2.58. The number of likely N-dealkylation sites (N-methyl/N-ethyl adjacent to an activating group) is 1. The van der Waals surface area contributed by atoms with E-state index in [9.17, 15) is 9.59 Å². The normalized spacial score (nSPS) is 14.7. The third kappa shape index (κ3) is 4.06. The van der Waals surface area contributed by atoms with Crippen LogP contribution in [0, 0.1) is 6.92 Å². The number of carbonyl (C=O) groups excluding carboxylic acids is 2. The summed E-state index contributed by atoms with van der Waals surface area (Å²) < 4.78 is 5.40. The van der Waals surface area contributed by atoms with Crippen LogP contribution in [0.2, 0.25) is 0 Å². The van der Waals surface area contributed by atoms with Gasteiger partial charge in [-0.3, -0.25) is 4.79 Å². The highest BCUT2D eigenvalue weighted by Gasteiger charge is 2.28. The van der Waals surface area contributed by atoms with Gasteiger partial charge >= 0.3 is 6.09 Å². The highest BCUT2D eigenvalue weighted by atomic mass is 16.6. The number of carbonyl (C=O) groups is 2. The maximum atomic E-state index is 12.6. The molecule has 0 aliphatic carbocycles. The van der Waals surface area contributed by atoms with E-state index in [0.29, 0.717) is 26.2 Å². The van der Waals surface area contributed by atoms with E-state index in [1.165, 1.54) is 0 Å². The third-order valence-electron chi connectivity index (χ3n) is 3.97. The quantitative estimate of drug-likeness (QED) is 0.927. The van der Waals surface area contributed by atoms with Gasteiger partial charge in [-0.15, -0.1) is 0 Å². The third-order valence-corrected chi connectivity index (χ3v) is 3.97. The highest BCUT2D eigenvalue weighted by molar-refractivity contribution is 5.97. The molecule has 0 atom stereocenters. The fourth-order valence-electron chi connectivity index (χ4n) is 2.74. The largest absolute Gasteiger partial charge is 0.444 e. The zero-order chi connectivity index (χ0) is 17.2. The fraction of sp³-hybridized carbons (Fsp3) is 0.647. The number of aromatic amines is 1. The van der Waals surface area contributed by atoms with Gasteiger partial charge in [0.25, 0.3) is 5.91 Å². The fourth-order valence-corrected chi connectivity index (χ4v) is 2.74. The standard InChI is InChI=1S/C17H27N3O3/c1-6-19(16(22)23-17(3,4)5)9-10-20-8-7-13-14(15(20)21)12(2)11-18-13/h11,18H,6-10H2,1-5H3. The van der Waals surface area contributed by atoms with Crippen molar-refractivity contribution in [2.45, 2.75) is 46.6 Å². The molecule has 0 saturated carbocycles. The first-order valence-electron chi connectivity index (χ1n) is 8.17. The molecule has 2 heterocycles. The number of H-pyrrole nitrogens is 1. The van der Waals surface area contributed by atoms with E-state index in [1.54, 1.807) is 4.90 Å². The van der Waals surface area contributed by atoms with Crippen molar-refractivity contribution in [3.8, 4) is 0 Å². The molecule has 128 valence electrons. The van der Waals surface area contributed by atoms with Gasteiger partial charge in [-0.2, -0.15) is 0 Å². The first-order chi connectivity index (χ1) is 10.7. The van der Waals surface area contributed by atoms with Crippen LogP contribution < -0.4 is 0 Å². The molecular formula is C17H27N3O3. The van der Waals surface area contributed by atoms with Crippen LogP contribution in [0.4, 0.5) is 4.79 Å². The molecule has 0 fully saturated rings. The molecule has 0 radical (unpaired) electrons. The van der Waals surface area contributed by atoms with E-state index < -0.39 is 5.60 Å². The topological polar surface area (TPSA) is 65.6 Å². The molecule has 1 aliphatic heterocycles. The van der Waals surface area contributed by atoms with Crippen LogP contribution in [0.3, 0.4) is 0 Å². The van der Waals surface area contributed by atoms with Crippen LogP contribution in [-0.2, 0) is 11.2 Å². The summed E-state index contributed by atoms with van der Waals surface area (Å²) in [6.45, 7) is 11.6. The second-order valence-corrected chi connectivity index (χ2v) is 6.93. The van der Waals surface area contributed by atoms with Gasteiger partial charge in [0, 0.05) is 44.5 Å². The Labute approximate surface area is 137 Å². The van der Waals surface area contributed by atoms with Gasteiger partial charge in [-0.1, -0.05) is 0 Å². The summed E-state index contributed by atoms with van der Waals surface area (Å²) >= 11 is 0. The average Bonchev–Trinajstić information content (AvgIpc) is 2.82. The lowest BCUT2D eigenvalue weighted by Crippen LogP contribution is -2.45. The van der Waals surface area contributed by atoms with Crippen molar-refractivity contribution in [2.24, 2.45) is 0 Å². The molecule has 0 bridgehead atoms. The highest BCUT2D eigenvalue weighted by Crippen LogP contribution is 2.21. The Morgan fingerprint density at radius 2 is 2.13 bits per heavy atom. The van der Waals surface area contributed by atoms with E-state index in [4.69, 9.17) is 4.74 Å². The molecule has 2 rings (SSSR count). The number of ether oxygens (including phenoxy) is 1. The molecule has 6 heteroatoms. The van der Waals surface area contributed by atoms with Crippen LogP contribution in [-0.4, -0.2) is 58.6 Å². The number of fused-ring (bicyclic) bond motifs is 1. The van der Waals surface area contributed by atoms with Crippen molar-refractivity contribution in [2.75, 3.05) is 26.2 Å². The van der Waals surface area contributed by atoms with E-state index in [-0.39, 0.29) is 12.0 Å². The molecule has 6 nitrogen and oxygen atoms in total.